The average molecular weight is 312 g/mol. The Balaban J connectivity index is 1.55. The monoisotopic (exact) mass is 312 g/mol. The third kappa shape index (κ3) is 2.41. The first-order chi connectivity index (χ1) is 11.2. The van der Waals surface area contributed by atoms with E-state index in [-0.39, 0.29) is 11.7 Å². The molecule has 0 spiro atoms. The van der Waals surface area contributed by atoms with Crippen molar-refractivity contribution in [3.8, 4) is 0 Å². The van der Waals surface area contributed by atoms with Crippen molar-refractivity contribution in [2.24, 2.45) is 0 Å². The van der Waals surface area contributed by atoms with Gasteiger partial charge in [0.05, 0.1) is 13.2 Å². The second-order valence-electron chi connectivity index (χ2n) is 5.56. The number of nitrogens with zero attached hydrogens (tertiary/aromatic N) is 5. The molecule has 0 bridgehead atoms. The lowest BCUT2D eigenvalue weighted by molar-refractivity contribution is 0.0594. The number of aromatic nitrogens is 5. The fourth-order valence-electron chi connectivity index (χ4n) is 2.84. The van der Waals surface area contributed by atoms with Crippen LogP contribution in [-0.2, 0) is 4.74 Å². The van der Waals surface area contributed by atoms with E-state index >= 15 is 0 Å². The maximum absolute atomic E-state index is 11.7. The van der Waals surface area contributed by atoms with Crippen LogP contribution in [0.25, 0.3) is 5.65 Å². The minimum Gasteiger partial charge on any atom is -0.464 e. The summed E-state index contributed by atoms with van der Waals surface area (Å²) in [4.78, 5) is 20.3. The van der Waals surface area contributed by atoms with Gasteiger partial charge in [0.15, 0.2) is 5.69 Å². The van der Waals surface area contributed by atoms with E-state index in [4.69, 9.17) is 4.74 Å². The van der Waals surface area contributed by atoms with Crippen LogP contribution in [0.2, 0.25) is 0 Å². The smallest absolute Gasteiger partial charge is 0.356 e. The quantitative estimate of drug-likeness (QED) is 0.735. The highest BCUT2D eigenvalue weighted by Gasteiger charge is 2.31. The Morgan fingerprint density at radius 2 is 2.22 bits per heavy atom. The molecule has 0 radical (unpaired) electrons. The zero-order valence-electron chi connectivity index (χ0n) is 12.6. The number of esters is 1. The van der Waals surface area contributed by atoms with Gasteiger partial charge in [-0.25, -0.2) is 14.8 Å². The summed E-state index contributed by atoms with van der Waals surface area (Å²) in [5.41, 5.74) is 0.905. The predicted octanol–water partition coefficient (Wildman–Crippen LogP) is 1.53. The first kappa shape index (κ1) is 13.7. The van der Waals surface area contributed by atoms with Gasteiger partial charge in [-0.05, 0) is 18.9 Å². The first-order valence-corrected chi connectivity index (χ1v) is 7.42. The molecule has 0 aromatic carbocycles. The summed E-state index contributed by atoms with van der Waals surface area (Å²) in [6.07, 6.45) is 9.18. The maximum atomic E-state index is 11.7. The Labute approximate surface area is 132 Å². The van der Waals surface area contributed by atoms with Gasteiger partial charge in [0.2, 0.25) is 5.95 Å². The van der Waals surface area contributed by atoms with E-state index in [2.05, 4.69) is 20.4 Å². The van der Waals surface area contributed by atoms with E-state index in [0.717, 1.165) is 12.8 Å². The van der Waals surface area contributed by atoms with Crippen molar-refractivity contribution in [1.82, 2.24) is 24.1 Å². The summed E-state index contributed by atoms with van der Waals surface area (Å²) in [5.74, 6) is 0.130. The molecular formula is C15H16N6O2. The number of nitrogens with one attached hydrogen (secondary N) is 1. The Morgan fingerprint density at radius 1 is 1.35 bits per heavy atom. The summed E-state index contributed by atoms with van der Waals surface area (Å²) in [6.45, 7) is 0. The fourth-order valence-corrected chi connectivity index (χ4v) is 2.84. The van der Waals surface area contributed by atoms with Gasteiger partial charge < -0.3 is 10.1 Å². The highest BCUT2D eigenvalue weighted by Crippen LogP contribution is 2.33. The molecule has 4 rings (SSSR count). The van der Waals surface area contributed by atoms with Crippen LogP contribution in [-0.4, -0.2) is 43.3 Å². The molecule has 0 unspecified atom stereocenters. The highest BCUT2D eigenvalue weighted by molar-refractivity contribution is 5.88. The molecule has 0 atom stereocenters. The zero-order valence-corrected chi connectivity index (χ0v) is 12.6. The molecule has 0 aliphatic heterocycles. The summed E-state index contributed by atoms with van der Waals surface area (Å²) < 4.78 is 8.55. The molecule has 1 aliphatic rings. The molecule has 0 saturated heterocycles. The largest absolute Gasteiger partial charge is 0.464 e. The summed E-state index contributed by atoms with van der Waals surface area (Å²) >= 11 is 0. The van der Waals surface area contributed by atoms with E-state index in [1.54, 1.807) is 18.5 Å². The van der Waals surface area contributed by atoms with E-state index in [1.165, 1.54) is 7.11 Å². The van der Waals surface area contributed by atoms with Gasteiger partial charge >= 0.3 is 5.97 Å². The van der Waals surface area contributed by atoms with Crippen LogP contribution in [0, 0.1) is 0 Å². The van der Waals surface area contributed by atoms with Gasteiger partial charge in [0.1, 0.15) is 5.65 Å². The van der Waals surface area contributed by atoms with Crippen LogP contribution in [0.5, 0.6) is 0 Å². The molecule has 8 nitrogen and oxygen atoms in total. The number of carbonyl (C=O) groups excluding carboxylic acids is 1. The number of fused-ring (bicyclic) bond motifs is 1. The number of imidazole rings is 1. The standard InChI is InChI=1S/C15H16N6O2/c1-23-14(22)12-9-13-16-4-6-20(13)15(19-12)18-10-7-11(8-10)21-5-2-3-17-21/h2-6,9-11H,7-8H2,1H3,(H,18,19). The number of methoxy groups -OCH3 is 1. The van der Waals surface area contributed by atoms with Crippen LogP contribution in [0.15, 0.2) is 36.9 Å². The van der Waals surface area contributed by atoms with Gasteiger partial charge in [-0.15, -0.1) is 0 Å². The molecule has 3 aromatic rings. The predicted molar refractivity (Wildman–Crippen MR) is 82.2 cm³/mol. The Kier molecular flexibility index (Phi) is 3.22. The van der Waals surface area contributed by atoms with Crippen molar-refractivity contribution in [3.63, 3.8) is 0 Å². The molecule has 118 valence electrons. The number of carbonyl (C=O) groups is 1. The first-order valence-electron chi connectivity index (χ1n) is 7.42. The molecule has 3 heterocycles. The molecule has 1 aliphatic carbocycles. The molecule has 1 N–H and O–H groups in total. The highest BCUT2D eigenvalue weighted by atomic mass is 16.5. The Bertz CT molecular complexity index is 835. The van der Waals surface area contributed by atoms with E-state index in [0.29, 0.717) is 17.6 Å². The van der Waals surface area contributed by atoms with Crippen LogP contribution >= 0.6 is 0 Å². The van der Waals surface area contributed by atoms with Crippen molar-refractivity contribution < 1.29 is 9.53 Å². The van der Waals surface area contributed by atoms with Gasteiger partial charge in [0.25, 0.3) is 0 Å². The van der Waals surface area contributed by atoms with E-state index in [9.17, 15) is 4.79 Å². The van der Waals surface area contributed by atoms with Crippen molar-refractivity contribution in [2.45, 2.75) is 24.9 Å². The van der Waals surface area contributed by atoms with E-state index < -0.39 is 5.97 Å². The van der Waals surface area contributed by atoms with Crippen molar-refractivity contribution in [1.29, 1.82) is 0 Å². The van der Waals surface area contributed by atoms with Crippen LogP contribution in [0.4, 0.5) is 5.95 Å². The summed E-state index contributed by atoms with van der Waals surface area (Å²) in [6, 6.07) is 4.24. The molecule has 0 amide bonds. The maximum Gasteiger partial charge on any atom is 0.356 e. The molecule has 1 saturated carbocycles. The molecule has 1 fully saturated rings. The lowest BCUT2D eigenvalue weighted by Gasteiger charge is -2.36. The molecule has 8 heteroatoms. The Morgan fingerprint density at radius 3 is 2.96 bits per heavy atom. The van der Waals surface area contributed by atoms with E-state index in [1.807, 2.05) is 27.5 Å². The van der Waals surface area contributed by atoms with Gasteiger partial charge in [-0.1, -0.05) is 0 Å². The van der Waals surface area contributed by atoms with Crippen LogP contribution in [0.1, 0.15) is 29.4 Å². The lowest BCUT2D eigenvalue weighted by Crippen LogP contribution is -2.38. The lowest BCUT2D eigenvalue weighted by atomic mass is 9.87. The molecule has 3 aromatic heterocycles. The SMILES string of the molecule is COC(=O)c1cc2nccn2c(NC2CC(n3cccn3)C2)n1. The third-order valence-corrected chi connectivity index (χ3v) is 4.13. The second-order valence-corrected chi connectivity index (χ2v) is 5.56. The van der Waals surface area contributed by atoms with Crippen LogP contribution < -0.4 is 5.32 Å². The van der Waals surface area contributed by atoms with Crippen LogP contribution in [0.3, 0.4) is 0 Å². The van der Waals surface area contributed by atoms with Gasteiger partial charge in [-0.2, -0.15) is 5.10 Å². The number of anilines is 1. The zero-order chi connectivity index (χ0) is 15.8. The normalized spacial score (nSPS) is 20.2. The second kappa shape index (κ2) is 5.38. The van der Waals surface area contributed by atoms with Crippen molar-refractivity contribution in [2.75, 3.05) is 12.4 Å². The summed E-state index contributed by atoms with van der Waals surface area (Å²) in [5, 5.41) is 7.65. The van der Waals surface area contributed by atoms with Gasteiger partial charge in [0, 0.05) is 36.9 Å². The van der Waals surface area contributed by atoms with Crippen molar-refractivity contribution >= 4 is 17.6 Å². The Hall–Kier alpha value is -2.90. The third-order valence-electron chi connectivity index (χ3n) is 4.13. The minimum absolute atomic E-state index is 0.247. The molecular weight excluding hydrogens is 296 g/mol. The number of rotatable bonds is 4. The minimum atomic E-state index is -0.471. The topological polar surface area (TPSA) is 86.3 Å². The number of ether oxygens (including phenoxy) is 1. The number of hydrogen-bond acceptors (Lipinski definition) is 6. The number of hydrogen-bond donors (Lipinski definition) is 1. The van der Waals surface area contributed by atoms with Crippen molar-refractivity contribution in [3.05, 3.63) is 42.6 Å². The fraction of sp³-hybridized carbons (Fsp3) is 0.333. The average Bonchev–Trinajstić information content (AvgIpc) is 3.20. The van der Waals surface area contributed by atoms with Gasteiger partial charge in [-0.3, -0.25) is 9.08 Å². The molecule has 23 heavy (non-hydrogen) atoms. The summed E-state index contributed by atoms with van der Waals surface area (Å²) in [7, 11) is 1.34.